The van der Waals surface area contributed by atoms with E-state index in [0.29, 0.717) is 18.4 Å². The van der Waals surface area contributed by atoms with Gasteiger partial charge >= 0.3 is 8.80 Å². The van der Waals surface area contributed by atoms with Gasteiger partial charge in [0.2, 0.25) is 0 Å². The normalized spacial score (nSPS) is 22.5. The quantitative estimate of drug-likeness (QED) is 0.196. The zero-order valence-electron chi connectivity index (χ0n) is 20.3. The third-order valence-corrected chi connectivity index (χ3v) is 9.60. The molecule has 1 aliphatic rings. The van der Waals surface area contributed by atoms with Crippen LogP contribution in [0.25, 0.3) is 0 Å². The van der Waals surface area contributed by atoms with E-state index in [2.05, 4.69) is 6.92 Å². The molecule has 0 aromatic rings. The van der Waals surface area contributed by atoms with E-state index in [-0.39, 0.29) is 6.10 Å². The number of hydrogen-bond acceptors (Lipinski definition) is 5. The number of aliphatic hydroxyl groups excluding tert-OH is 1. The Morgan fingerprint density at radius 1 is 0.800 bits per heavy atom. The van der Waals surface area contributed by atoms with Gasteiger partial charge in [-0.3, -0.25) is 0 Å². The maximum absolute atomic E-state index is 10.6. The molecule has 1 saturated carbocycles. The summed E-state index contributed by atoms with van der Waals surface area (Å²) >= 11 is 0. The lowest BCUT2D eigenvalue weighted by molar-refractivity contribution is -0.0114. The summed E-state index contributed by atoms with van der Waals surface area (Å²) in [7, 11) is 2.49. The van der Waals surface area contributed by atoms with Crippen LogP contribution in [0.4, 0.5) is 0 Å². The molecular formula is C24H50O5Si. The van der Waals surface area contributed by atoms with E-state index in [1.54, 1.807) is 21.3 Å². The highest BCUT2D eigenvalue weighted by Crippen LogP contribution is 2.34. The third-order valence-electron chi connectivity index (χ3n) is 6.83. The third kappa shape index (κ3) is 11.6. The van der Waals surface area contributed by atoms with Crippen molar-refractivity contribution in [1.29, 1.82) is 0 Å². The second-order valence-electron chi connectivity index (χ2n) is 9.10. The Morgan fingerprint density at radius 2 is 1.37 bits per heavy atom. The Morgan fingerprint density at radius 3 is 1.90 bits per heavy atom. The van der Waals surface area contributed by atoms with Crippen LogP contribution in [0.1, 0.15) is 96.8 Å². The van der Waals surface area contributed by atoms with Gasteiger partial charge in [0, 0.05) is 39.9 Å². The van der Waals surface area contributed by atoms with Crippen LogP contribution >= 0.6 is 0 Å². The topological polar surface area (TPSA) is 57.2 Å². The summed E-state index contributed by atoms with van der Waals surface area (Å²) in [5, 5.41) is 10.6. The summed E-state index contributed by atoms with van der Waals surface area (Å²) in [6, 6.07) is 0.813. The molecule has 3 atom stereocenters. The molecule has 0 amide bonds. The molecule has 180 valence electrons. The molecule has 1 N–H and O–H groups in total. The molecule has 30 heavy (non-hydrogen) atoms. The first-order valence-electron chi connectivity index (χ1n) is 12.5. The first-order valence-corrected chi connectivity index (χ1v) is 14.4. The number of rotatable bonds is 19. The Hall–Kier alpha value is 0.0169. The van der Waals surface area contributed by atoms with Crippen molar-refractivity contribution in [3.8, 4) is 0 Å². The monoisotopic (exact) mass is 446 g/mol. The first kappa shape index (κ1) is 28.1. The minimum atomic E-state index is -2.50. The Bertz CT molecular complexity index is 384. The molecule has 6 heteroatoms. The number of hydrogen-bond donors (Lipinski definition) is 1. The van der Waals surface area contributed by atoms with Gasteiger partial charge in [0.05, 0.1) is 12.7 Å². The van der Waals surface area contributed by atoms with Crippen molar-refractivity contribution in [2.75, 3.05) is 34.5 Å². The zero-order valence-corrected chi connectivity index (χ0v) is 21.3. The molecule has 0 spiro atoms. The van der Waals surface area contributed by atoms with E-state index in [1.165, 1.54) is 57.8 Å². The Kier molecular flexibility index (Phi) is 16.4. The second kappa shape index (κ2) is 17.6. The molecule has 1 fully saturated rings. The molecule has 0 saturated heterocycles. The predicted molar refractivity (Wildman–Crippen MR) is 126 cm³/mol. The Labute approximate surface area is 187 Å². The summed E-state index contributed by atoms with van der Waals surface area (Å²) in [6.45, 7) is 3.82. The molecule has 0 aromatic carbocycles. The standard InChI is InChI=1S/C24H50O5Si/c1-5-6-7-8-9-10-11-12-13-14-18-29-21-23-16-15-22(20-24(23)25)17-19-30(26-2,27-3)28-4/h22-25H,5-21H2,1-4H3. The molecule has 0 heterocycles. The van der Waals surface area contributed by atoms with Gasteiger partial charge in [0.15, 0.2) is 0 Å². The number of unbranched alkanes of at least 4 members (excludes halogenated alkanes) is 9. The number of aliphatic hydroxyl groups is 1. The van der Waals surface area contributed by atoms with Crippen LogP contribution in [0.3, 0.4) is 0 Å². The predicted octanol–water partition coefficient (Wildman–Crippen LogP) is 5.97. The van der Waals surface area contributed by atoms with E-state index >= 15 is 0 Å². The second-order valence-corrected chi connectivity index (χ2v) is 12.2. The van der Waals surface area contributed by atoms with Crippen molar-refractivity contribution in [3.63, 3.8) is 0 Å². The van der Waals surface area contributed by atoms with Crippen LogP contribution in [-0.4, -0.2) is 54.6 Å². The SMILES string of the molecule is CCCCCCCCCCCCOCC1CCC(CC[Si](OC)(OC)OC)CC1O. The van der Waals surface area contributed by atoms with Crippen LogP contribution < -0.4 is 0 Å². The molecule has 0 bridgehead atoms. The van der Waals surface area contributed by atoms with Gasteiger partial charge in [0.1, 0.15) is 0 Å². The molecule has 0 aliphatic heterocycles. The summed E-state index contributed by atoms with van der Waals surface area (Å²) < 4.78 is 22.4. The van der Waals surface area contributed by atoms with Crippen molar-refractivity contribution >= 4 is 8.80 Å². The van der Waals surface area contributed by atoms with Crippen molar-refractivity contribution in [2.24, 2.45) is 11.8 Å². The van der Waals surface area contributed by atoms with Gasteiger partial charge in [-0.1, -0.05) is 64.7 Å². The van der Waals surface area contributed by atoms with Crippen molar-refractivity contribution in [1.82, 2.24) is 0 Å². The fraction of sp³-hybridized carbons (Fsp3) is 1.00. The highest BCUT2D eigenvalue weighted by atomic mass is 28.4. The molecule has 1 aliphatic carbocycles. The lowest BCUT2D eigenvalue weighted by atomic mass is 9.79. The van der Waals surface area contributed by atoms with Crippen LogP contribution in [0.15, 0.2) is 0 Å². The molecule has 0 aromatic heterocycles. The van der Waals surface area contributed by atoms with Crippen molar-refractivity contribution in [3.05, 3.63) is 0 Å². The number of ether oxygens (including phenoxy) is 1. The van der Waals surface area contributed by atoms with Crippen LogP contribution in [0, 0.1) is 11.8 Å². The highest BCUT2D eigenvalue weighted by Gasteiger charge is 2.39. The largest absolute Gasteiger partial charge is 0.500 e. The van der Waals surface area contributed by atoms with Crippen molar-refractivity contribution in [2.45, 2.75) is 109 Å². The molecular weight excluding hydrogens is 396 g/mol. The van der Waals surface area contributed by atoms with E-state index < -0.39 is 8.80 Å². The average molecular weight is 447 g/mol. The molecule has 3 unspecified atom stereocenters. The minimum Gasteiger partial charge on any atom is -0.393 e. The lowest BCUT2D eigenvalue weighted by Gasteiger charge is -2.34. The zero-order chi connectivity index (χ0) is 22.1. The van der Waals surface area contributed by atoms with Gasteiger partial charge in [-0.25, -0.2) is 0 Å². The van der Waals surface area contributed by atoms with Crippen molar-refractivity contribution < 1.29 is 23.1 Å². The fourth-order valence-electron chi connectivity index (χ4n) is 4.61. The van der Waals surface area contributed by atoms with Gasteiger partial charge in [-0.15, -0.1) is 0 Å². The summed E-state index contributed by atoms with van der Waals surface area (Å²) in [6.07, 6.45) is 17.3. The van der Waals surface area contributed by atoms with E-state index in [9.17, 15) is 5.11 Å². The maximum atomic E-state index is 10.6. The van der Waals surface area contributed by atoms with E-state index in [4.69, 9.17) is 18.0 Å². The maximum Gasteiger partial charge on any atom is 0.500 e. The van der Waals surface area contributed by atoms with Crippen LogP contribution in [0.2, 0.25) is 6.04 Å². The molecule has 0 radical (unpaired) electrons. The first-order chi connectivity index (χ1) is 14.6. The highest BCUT2D eigenvalue weighted by molar-refractivity contribution is 6.60. The van der Waals surface area contributed by atoms with Gasteiger partial charge in [-0.05, 0) is 38.0 Å². The van der Waals surface area contributed by atoms with E-state index in [0.717, 1.165) is 44.8 Å². The fourth-order valence-corrected chi connectivity index (χ4v) is 6.49. The summed E-state index contributed by atoms with van der Waals surface area (Å²) in [5.41, 5.74) is 0. The van der Waals surface area contributed by atoms with Gasteiger partial charge < -0.3 is 23.1 Å². The summed E-state index contributed by atoms with van der Waals surface area (Å²) in [4.78, 5) is 0. The van der Waals surface area contributed by atoms with Gasteiger partial charge in [0.25, 0.3) is 0 Å². The van der Waals surface area contributed by atoms with Crippen LogP contribution in [0.5, 0.6) is 0 Å². The van der Waals surface area contributed by atoms with Gasteiger partial charge in [-0.2, -0.15) is 0 Å². The lowest BCUT2D eigenvalue weighted by Crippen LogP contribution is -2.43. The minimum absolute atomic E-state index is 0.250. The molecule has 5 nitrogen and oxygen atoms in total. The molecule has 1 rings (SSSR count). The van der Waals surface area contributed by atoms with E-state index in [1.807, 2.05) is 0 Å². The Balaban J connectivity index is 2.02. The average Bonchev–Trinajstić information content (AvgIpc) is 2.77. The summed E-state index contributed by atoms with van der Waals surface area (Å²) in [5.74, 6) is 0.809. The smallest absolute Gasteiger partial charge is 0.393 e. The van der Waals surface area contributed by atoms with Crippen LogP contribution in [-0.2, 0) is 18.0 Å².